The summed E-state index contributed by atoms with van der Waals surface area (Å²) in [5.74, 6) is 3.01. The van der Waals surface area contributed by atoms with Crippen LogP contribution >= 0.6 is 0 Å². The zero-order chi connectivity index (χ0) is 17.9. The average Bonchev–Trinajstić information content (AvgIpc) is 3.33. The van der Waals surface area contributed by atoms with Gasteiger partial charge in [-0.25, -0.2) is 0 Å². The molecule has 2 aliphatic heterocycles. The van der Waals surface area contributed by atoms with Crippen LogP contribution in [-0.4, -0.2) is 69.9 Å². The highest BCUT2D eigenvalue weighted by Gasteiger charge is 2.32. The van der Waals surface area contributed by atoms with E-state index in [1.807, 2.05) is 0 Å². The summed E-state index contributed by atoms with van der Waals surface area (Å²) in [5.41, 5.74) is 0. The first-order chi connectivity index (χ1) is 12.7. The third kappa shape index (κ3) is 3.78. The smallest absolute Gasteiger partial charge is 0.225 e. The van der Waals surface area contributed by atoms with Crippen LogP contribution in [-0.2, 0) is 23.1 Å². The van der Waals surface area contributed by atoms with E-state index in [1.165, 1.54) is 12.8 Å². The first-order valence-electron chi connectivity index (χ1n) is 10.2. The molecule has 144 valence electrons. The molecule has 7 nitrogen and oxygen atoms in total. The van der Waals surface area contributed by atoms with Crippen LogP contribution in [0.2, 0.25) is 0 Å². The Bertz CT molecular complexity index is 619. The summed E-state index contributed by atoms with van der Waals surface area (Å²) in [6.07, 6.45) is 6.73. The number of morpholine rings is 1. The Morgan fingerprint density at radius 1 is 1.08 bits per heavy atom. The van der Waals surface area contributed by atoms with Crippen molar-refractivity contribution in [1.29, 1.82) is 0 Å². The molecule has 26 heavy (non-hydrogen) atoms. The number of ether oxygens (including phenoxy) is 1. The SMILES string of the molecule is Cn1c(CN2CCOCC2)nnc1C1CCCN(C(=O)C2CCCC2)C1. The van der Waals surface area contributed by atoms with Gasteiger partial charge in [-0.3, -0.25) is 9.69 Å². The monoisotopic (exact) mass is 361 g/mol. The molecule has 3 heterocycles. The van der Waals surface area contributed by atoms with E-state index in [1.54, 1.807) is 0 Å². The van der Waals surface area contributed by atoms with Crippen LogP contribution in [0.15, 0.2) is 0 Å². The molecule has 1 aliphatic carbocycles. The molecule has 0 N–H and O–H groups in total. The number of carbonyl (C=O) groups is 1. The Kier molecular flexibility index (Phi) is 5.55. The third-order valence-corrected chi connectivity index (χ3v) is 6.27. The number of likely N-dealkylation sites (tertiary alicyclic amines) is 1. The van der Waals surface area contributed by atoms with Gasteiger partial charge in [-0.2, -0.15) is 0 Å². The molecule has 2 saturated heterocycles. The summed E-state index contributed by atoms with van der Waals surface area (Å²) in [6, 6.07) is 0. The molecule has 1 unspecified atom stereocenters. The summed E-state index contributed by atoms with van der Waals surface area (Å²) in [5, 5.41) is 8.97. The standard InChI is InChI=1S/C19H31N5O2/c1-22-17(14-23-9-11-26-12-10-23)20-21-18(22)16-7-4-8-24(13-16)19(25)15-5-2-3-6-15/h15-16H,2-14H2,1H3. The van der Waals surface area contributed by atoms with Crippen LogP contribution < -0.4 is 0 Å². The lowest BCUT2D eigenvalue weighted by Gasteiger charge is -2.34. The van der Waals surface area contributed by atoms with Crippen molar-refractivity contribution in [3.8, 4) is 0 Å². The molecule has 1 aromatic heterocycles. The Morgan fingerprint density at radius 2 is 1.85 bits per heavy atom. The summed E-state index contributed by atoms with van der Waals surface area (Å²) in [6.45, 7) is 6.04. The molecule has 0 bridgehead atoms. The molecule has 0 spiro atoms. The van der Waals surface area contributed by atoms with Gasteiger partial charge in [0.25, 0.3) is 0 Å². The van der Waals surface area contributed by atoms with Crippen LogP contribution in [0.5, 0.6) is 0 Å². The lowest BCUT2D eigenvalue weighted by Crippen LogP contribution is -2.42. The van der Waals surface area contributed by atoms with Gasteiger partial charge < -0.3 is 14.2 Å². The van der Waals surface area contributed by atoms with Crippen LogP contribution in [0.4, 0.5) is 0 Å². The molecule has 0 radical (unpaired) electrons. The molecule has 7 heteroatoms. The maximum Gasteiger partial charge on any atom is 0.225 e. The number of rotatable bonds is 4. The van der Waals surface area contributed by atoms with Crippen LogP contribution in [0.1, 0.15) is 56.1 Å². The van der Waals surface area contributed by atoms with Gasteiger partial charge in [0.2, 0.25) is 5.91 Å². The van der Waals surface area contributed by atoms with E-state index in [9.17, 15) is 4.79 Å². The highest BCUT2D eigenvalue weighted by atomic mass is 16.5. The van der Waals surface area contributed by atoms with Gasteiger partial charge in [-0.15, -0.1) is 10.2 Å². The summed E-state index contributed by atoms with van der Waals surface area (Å²) >= 11 is 0. The first-order valence-corrected chi connectivity index (χ1v) is 10.2. The van der Waals surface area contributed by atoms with E-state index in [0.29, 0.717) is 11.8 Å². The quantitative estimate of drug-likeness (QED) is 0.814. The van der Waals surface area contributed by atoms with Crippen LogP contribution in [0, 0.1) is 5.92 Å². The van der Waals surface area contributed by atoms with Gasteiger partial charge in [-0.05, 0) is 25.7 Å². The Morgan fingerprint density at radius 3 is 2.62 bits per heavy atom. The van der Waals surface area contributed by atoms with Crippen molar-refractivity contribution < 1.29 is 9.53 Å². The van der Waals surface area contributed by atoms with Crippen molar-refractivity contribution in [2.45, 2.75) is 51.0 Å². The second-order valence-corrected chi connectivity index (χ2v) is 8.03. The fourth-order valence-electron chi connectivity index (χ4n) is 4.65. The Labute approximate surface area is 155 Å². The molecule has 1 atom stereocenters. The molecule has 1 aromatic rings. The van der Waals surface area contributed by atoms with Crippen molar-refractivity contribution in [2.75, 3.05) is 39.4 Å². The molecular formula is C19H31N5O2. The van der Waals surface area contributed by atoms with E-state index in [0.717, 1.165) is 83.3 Å². The molecule has 0 aromatic carbocycles. The summed E-state index contributed by atoms with van der Waals surface area (Å²) in [7, 11) is 2.07. The number of carbonyl (C=O) groups excluding carboxylic acids is 1. The van der Waals surface area contributed by atoms with Gasteiger partial charge >= 0.3 is 0 Å². The molecule has 3 aliphatic rings. The van der Waals surface area contributed by atoms with Gasteiger partial charge in [0.15, 0.2) is 0 Å². The lowest BCUT2D eigenvalue weighted by molar-refractivity contribution is -0.136. The van der Waals surface area contributed by atoms with Crippen molar-refractivity contribution in [1.82, 2.24) is 24.6 Å². The predicted molar refractivity (Wildman–Crippen MR) is 97.6 cm³/mol. The molecular weight excluding hydrogens is 330 g/mol. The minimum absolute atomic E-state index is 0.269. The van der Waals surface area contributed by atoms with Gasteiger partial charge in [0.1, 0.15) is 11.6 Å². The zero-order valence-corrected chi connectivity index (χ0v) is 15.9. The van der Waals surface area contributed by atoms with E-state index in [-0.39, 0.29) is 5.92 Å². The lowest BCUT2D eigenvalue weighted by atomic mass is 9.95. The third-order valence-electron chi connectivity index (χ3n) is 6.27. The normalized spacial score (nSPS) is 25.7. The fraction of sp³-hybridized carbons (Fsp3) is 0.842. The minimum atomic E-state index is 0.269. The minimum Gasteiger partial charge on any atom is -0.379 e. The summed E-state index contributed by atoms with van der Waals surface area (Å²) in [4.78, 5) is 17.3. The number of hydrogen-bond acceptors (Lipinski definition) is 5. The van der Waals surface area contributed by atoms with E-state index in [4.69, 9.17) is 4.74 Å². The Balaban J connectivity index is 1.41. The number of piperidine rings is 1. The fourth-order valence-corrected chi connectivity index (χ4v) is 4.65. The van der Waals surface area contributed by atoms with Gasteiger partial charge in [0.05, 0.1) is 19.8 Å². The van der Waals surface area contributed by atoms with Crippen LogP contribution in [0.3, 0.4) is 0 Å². The Hall–Kier alpha value is -1.47. The van der Waals surface area contributed by atoms with Crippen molar-refractivity contribution >= 4 is 5.91 Å². The highest BCUT2D eigenvalue weighted by Crippen LogP contribution is 2.31. The maximum absolute atomic E-state index is 12.8. The van der Waals surface area contributed by atoms with Gasteiger partial charge in [0, 0.05) is 45.1 Å². The highest BCUT2D eigenvalue weighted by molar-refractivity contribution is 5.79. The zero-order valence-electron chi connectivity index (χ0n) is 15.9. The topological polar surface area (TPSA) is 63.5 Å². The second-order valence-electron chi connectivity index (χ2n) is 8.03. The largest absolute Gasteiger partial charge is 0.379 e. The van der Waals surface area contributed by atoms with Crippen LogP contribution in [0.25, 0.3) is 0 Å². The number of hydrogen-bond donors (Lipinski definition) is 0. The molecule has 4 rings (SSSR count). The second kappa shape index (κ2) is 8.05. The van der Waals surface area contributed by atoms with Crippen molar-refractivity contribution in [3.63, 3.8) is 0 Å². The first kappa shape index (κ1) is 17.9. The number of amides is 1. The van der Waals surface area contributed by atoms with E-state index < -0.39 is 0 Å². The van der Waals surface area contributed by atoms with Gasteiger partial charge in [-0.1, -0.05) is 12.8 Å². The number of nitrogens with zero attached hydrogens (tertiary/aromatic N) is 5. The average molecular weight is 361 g/mol. The van der Waals surface area contributed by atoms with E-state index in [2.05, 4.69) is 31.6 Å². The number of aromatic nitrogens is 3. The maximum atomic E-state index is 12.8. The van der Waals surface area contributed by atoms with Crippen molar-refractivity contribution in [2.24, 2.45) is 13.0 Å². The predicted octanol–water partition coefficient (Wildman–Crippen LogP) is 1.54. The summed E-state index contributed by atoms with van der Waals surface area (Å²) < 4.78 is 7.58. The van der Waals surface area contributed by atoms with Crippen molar-refractivity contribution in [3.05, 3.63) is 11.6 Å². The van der Waals surface area contributed by atoms with E-state index >= 15 is 0 Å². The molecule has 1 saturated carbocycles. The molecule has 3 fully saturated rings. The molecule has 1 amide bonds.